The summed E-state index contributed by atoms with van der Waals surface area (Å²) in [5.74, 6) is -1.34. The molecule has 2 amide bonds. The highest BCUT2D eigenvalue weighted by molar-refractivity contribution is 5.75. The lowest BCUT2D eigenvalue weighted by Crippen LogP contribution is -2.47. The number of carboxylic acid groups (broad SMARTS) is 1. The Hall–Kier alpha value is -2.15. The average molecular weight is 296 g/mol. The number of carbonyl (C=O) groups is 2. The quantitative estimate of drug-likeness (QED) is 0.880. The van der Waals surface area contributed by atoms with Crippen LogP contribution >= 0.6 is 0 Å². The van der Waals surface area contributed by atoms with Gasteiger partial charge in [0, 0.05) is 18.7 Å². The SMILES string of the molecule is O=C(O)CCNC(=O)N1CCOC(c2ccccc2F)C1. The number of nitrogens with one attached hydrogen (secondary N) is 1. The molecular formula is C14H17FN2O4. The molecule has 1 unspecified atom stereocenters. The fourth-order valence-electron chi connectivity index (χ4n) is 2.15. The Morgan fingerprint density at radius 2 is 2.19 bits per heavy atom. The van der Waals surface area contributed by atoms with E-state index in [1.54, 1.807) is 18.2 Å². The zero-order valence-corrected chi connectivity index (χ0v) is 11.4. The largest absolute Gasteiger partial charge is 0.481 e. The van der Waals surface area contributed by atoms with Crippen LogP contribution in [-0.4, -0.2) is 48.2 Å². The van der Waals surface area contributed by atoms with Crippen molar-refractivity contribution in [3.05, 3.63) is 35.6 Å². The van der Waals surface area contributed by atoms with E-state index < -0.39 is 12.1 Å². The predicted octanol–water partition coefficient (Wildman–Crippen LogP) is 1.38. The summed E-state index contributed by atoms with van der Waals surface area (Å²) in [6, 6.07) is 5.93. The summed E-state index contributed by atoms with van der Waals surface area (Å²) in [5.41, 5.74) is 0.417. The molecule has 0 bridgehead atoms. The van der Waals surface area contributed by atoms with Gasteiger partial charge in [0.1, 0.15) is 11.9 Å². The van der Waals surface area contributed by atoms with E-state index in [2.05, 4.69) is 5.32 Å². The second kappa shape index (κ2) is 7.03. The van der Waals surface area contributed by atoms with Crippen LogP contribution in [0.2, 0.25) is 0 Å². The molecule has 0 aromatic heterocycles. The number of aliphatic carboxylic acids is 1. The van der Waals surface area contributed by atoms with Gasteiger partial charge >= 0.3 is 12.0 Å². The molecule has 0 aliphatic carbocycles. The van der Waals surface area contributed by atoms with Crippen molar-refractivity contribution in [1.29, 1.82) is 0 Å². The predicted molar refractivity (Wildman–Crippen MR) is 72.3 cm³/mol. The summed E-state index contributed by atoms with van der Waals surface area (Å²) in [7, 11) is 0. The van der Waals surface area contributed by atoms with Gasteiger partial charge < -0.3 is 20.1 Å². The first-order chi connectivity index (χ1) is 10.1. The third kappa shape index (κ3) is 4.16. The summed E-state index contributed by atoms with van der Waals surface area (Å²) in [6.07, 6.45) is -0.641. The number of hydrogen-bond donors (Lipinski definition) is 2. The highest BCUT2D eigenvalue weighted by Gasteiger charge is 2.26. The van der Waals surface area contributed by atoms with Crippen LogP contribution in [0.25, 0.3) is 0 Å². The average Bonchev–Trinajstić information content (AvgIpc) is 2.47. The molecule has 1 heterocycles. The van der Waals surface area contributed by atoms with Crippen LogP contribution in [0, 0.1) is 5.82 Å². The van der Waals surface area contributed by atoms with Crippen LogP contribution in [0.4, 0.5) is 9.18 Å². The number of amides is 2. The fraction of sp³-hybridized carbons (Fsp3) is 0.429. The molecule has 2 rings (SSSR count). The third-order valence-corrected chi connectivity index (χ3v) is 3.22. The van der Waals surface area contributed by atoms with Crippen molar-refractivity contribution < 1.29 is 23.8 Å². The van der Waals surface area contributed by atoms with Gasteiger partial charge in [0.05, 0.1) is 19.6 Å². The van der Waals surface area contributed by atoms with Gasteiger partial charge in [-0.15, -0.1) is 0 Å². The molecule has 21 heavy (non-hydrogen) atoms. The van der Waals surface area contributed by atoms with Crippen LogP contribution < -0.4 is 5.32 Å². The van der Waals surface area contributed by atoms with E-state index in [-0.39, 0.29) is 31.4 Å². The van der Waals surface area contributed by atoms with Crippen LogP contribution in [0.3, 0.4) is 0 Å². The number of urea groups is 1. The summed E-state index contributed by atoms with van der Waals surface area (Å²) >= 11 is 0. The number of carboxylic acids is 1. The normalized spacial score (nSPS) is 18.3. The molecule has 0 saturated carbocycles. The maximum Gasteiger partial charge on any atom is 0.317 e. The lowest BCUT2D eigenvalue weighted by molar-refractivity contribution is -0.136. The van der Waals surface area contributed by atoms with Gasteiger partial charge in [0.2, 0.25) is 0 Å². The first-order valence-electron chi connectivity index (χ1n) is 6.68. The van der Waals surface area contributed by atoms with Crippen molar-refractivity contribution >= 4 is 12.0 Å². The molecule has 1 fully saturated rings. The lowest BCUT2D eigenvalue weighted by Gasteiger charge is -2.33. The molecule has 6 nitrogen and oxygen atoms in total. The Morgan fingerprint density at radius 3 is 2.90 bits per heavy atom. The molecule has 7 heteroatoms. The number of carbonyl (C=O) groups excluding carboxylic acids is 1. The minimum atomic E-state index is -0.971. The van der Waals surface area contributed by atoms with Crippen molar-refractivity contribution in [3.8, 4) is 0 Å². The fourth-order valence-corrected chi connectivity index (χ4v) is 2.15. The Bertz CT molecular complexity index is 523. The van der Waals surface area contributed by atoms with Gasteiger partial charge in [-0.3, -0.25) is 4.79 Å². The summed E-state index contributed by atoms with van der Waals surface area (Å²) < 4.78 is 19.2. The molecule has 1 aromatic carbocycles. The second-order valence-corrected chi connectivity index (χ2v) is 4.70. The van der Waals surface area contributed by atoms with E-state index in [4.69, 9.17) is 9.84 Å². The van der Waals surface area contributed by atoms with Crippen molar-refractivity contribution in [2.24, 2.45) is 0 Å². The zero-order valence-electron chi connectivity index (χ0n) is 11.4. The molecule has 1 aliphatic heterocycles. The molecule has 0 spiro atoms. The topological polar surface area (TPSA) is 78.9 Å². The van der Waals surface area contributed by atoms with Gasteiger partial charge in [0.25, 0.3) is 0 Å². The Kier molecular flexibility index (Phi) is 5.10. The van der Waals surface area contributed by atoms with Crippen molar-refractivity contribution in [2.75, 3.05) is 26.2 Å². The van der Waals surface area contributed by atoms with Crippen LogP contribution in [0.1, 0.15) is 18.1 Å². The van der Waals surface area contributed by atoms with Crippen molar-refractivity contribution in [3.63, 3.8) is 0 Å². The van der Waals surface area contributed by atoms with Gasteiger partial charge in [-0.25, -0.2) is 9.18 Å². The zero-order chi connectivity index (χ0) is 15.2. The van der Waals surface area contributed by atoms with E-state index in [1.807, 2.05) is 0 Å². The van der Waals surface area contributed by atoms with E-state index in [0.717, 1.165) is 0 Å². The molecule has 1 atom stereocenters. The molecule has 1 aliphatic rings. The summed E-state index contributed by atoms with van der Waals surface area (Å²) in [6.45, 7) is 1.00. The van der Waals surface area contributed by atoms with Gasteiger partial charge in [-0.1, -0.05) is 18.2 Å². The maximum atomic E-state index is 13.7. The standard InChI is InChI=1S/C14H17FN2O4/c15-11-4-2-1-3-10(11)12-9-17(7-8-21-12)14(20)16-6-5-13(18)19/h1-4,12H,5-9H2,(H,16,20)(H,18,19). The van der Waals surface area contributed by atoms with Gasteiger partial charge in [-0.05, 0) is 6.07 Å². The highest BCUT2D eigenvalue weighted by atomic mass is 19.1. The molecule has 0 radical (unpaired) electrons. The van der Waals surface area contributed by atoms with E-state index in [0.29, 0.717) is 18.7 Å². The summed E-state index contributed by atoms with van der Waals surface area (Å²) in [4.78, 5) is 23.8. The first kappa shape index (κ1) is 15.2. The number of morpholine rings is 1. The minimum Gasteiger partial charge on any atom is -0.481 e. The Balaban J connectivity index is 1.93. The van der Waals surface area contributed by atoms with E-state index in [9.17, 15) is 14.0 Å². The van der Waals surface area contributed by atoms with Crippen LogP contribution in [0.15, 0.2) is 24.3 Å². The Labute approximate surface area is 121 Å². The molecule has 1 aromatic rings. The number of hydrogen-bond acceptors (Lipinski definition) is 3. The lowest BCUT2D eigenvalue weighted by atomic mass is 10.1. The minimum absolute atomic E-state index is 0.0654. The first-order valence-corrected chi connectivity index (χ1v) is 6.68. The van der Waals surface area contributed by atoms with Gasteiger partial charge in [-0.2, -0.15) is 0 Å². The molecule has 114 valence electrons. The molecule has 1 saturated heterocycles. The van der Waals surface area contributed by atoms with Crippen LogP contribution in [0.5, 0.6) is 0 Å². The third-order valence-electron chi connectivity index (χ3n) is 3.22. The molecule has 2 N–H and O–H groups in total. The number of benzene rings is 1. The van der Waals surface area contributed by atoms with Gasteiger partial charge in [0.15, 0.2) is 0 Å². The van der Waals surface area contributed by atoms with E-state index in [1.165, 1.54) is 11.0 Å². The number of nitrogens with zero attached hydrogens (tertiary/aromatic N) is 1. The Morgan fingerprint density at radius 1 is 1.43 bits per heavy atom. The number of rotatable bonds is 4. The molecular weight excluding hydrogens is 279 g/mol. The van der Waals surface area contributed by atoms with Crippen molar-refractivity contribution in [1.82, 2.24) is 10.2 Å². The monoisotopic (exact) mass is 296 g/mol. The van der Waals surface area contributed by atoms with E-state index >= 15 is 0 Å². The smallest absolute Gasteiger partial charge is 0.317 e. The van der Waals surface area contributed by atoms with Crippen LogP contribution in [-0.2, 0) is 9.53 Å². The number of halogens is 1. The maximum absolute atomic E-state index is 13.7. The second-order valence-electron chi connectivity index (χ2n) is 4.70. The number of ether oxygens (including phenoxy) is 1. The highest BCUT2D eigenvalue weighted by Crippen LogP contribution is 2.24. The summed E-state index contributed by atoms with van der Waals surface area (Å²) in [5, 5.41) is 11.1. The van der Waals surface area contributed by atoms with Crippen molar-refractivity contribution in [2.45, 2.75) is 12.5 Å².